The summed E-state index contributed by atoms with van der Waals surface area (Å²) in [6, 6.07) is 12.6. The maximum absolute atomic E-state index is 13.4. The van der Waals surface area contributed by atoms with Gasteiger partial charge in [0.1, 0.15) is 5.82 Å². The Kier molecular flexibility index (Phi) is 4.34. The number of fused-ring (bicyclic) bond motifs is 4. The highest BCUT2D eigenvalue weighted by Crippen LogP contribution is 2.33. The molecule has 0 spiro atoms. The van der Waals surface area contributed by atoms with Crippen LogP contribution >= 0.6 is 0 Å². The minimum atomic E-state index is -0.253. The van der Waals surface area contributed by atoms with Gasteiger partial charge in [-0.15, -0.1) is 0 Å². The minimum Gasteiger partial charge on any atom is -0.383 e. The topological polar surface area (TPSA) is 118 Å². The van der Waals surface area contributed by atoms with Crippen LogP contribution in [-0.2, 0) is 11.3 Å². The van der Waals surface area contributed by atoms with Crippen molar-refractivity contribution in [2.45, 2.75) is 19.6 Å². The molecule has 0 aliphatic carbocycles. The average molecular weight is 413 g/mol. The minimum absolute atomic E-state index is 0.158. The maximum atomic E-state index is 13.4. The molecule has 1 aliphatic rings. The molecule has 0 saturated heterocycles. The lowest BCUT2D eigenvalue weighted by Crippen LogP contribution is -2.36. The average Bonchev–Trinajstić information content (AvgIpc) is 3.19. The lowest BCUT2D eigenvalue weighted by Gasteiger charge is -2.33. The van der Waals surface area contributed by atoms with E-state index in [0.717, 1.165) is 11.1 Å². The molecule has 4 aromatic rings. The molecule has 31 heavy (non-hydrogen) atoms. The number of nitrogens with two attached hydrogens (primary N) is 1. The second-order valence-electron chi connectivity index (χ2n) is 7.67. The van der Waals surface area contributed by atoms with Crippen LogP contribution in [0.1, 0.15) is 38.8 Å². The highest BCUT2D eigenvalue weighted by molar-refractivity contribution is 6.09. The number of hydrogen-bond donors (Lipinski definition) is 1. The number of amides is 1. The van der Waals surface area contributed by atoms with Crippen molar-refractivity contribution < 1.29 is 14.1 Å². The maximum Gasteiger partial charge on any atom is 0.254 e. The highest BCUT2D eigenvalue weighted by Gasteiger charge is 2.28. The molecule has 0 radical (unpaired) electrons. The van der Waals surface area contributed by atoms with E-state index in [4.69, 9.17) is 20.3 Å². The number of pyridine rings is 1. The first-order chi connectivity index (χ1) is 15.0. The summed E-state index contributed by atoms with van der Waals surface area (Å²) < 4.78 is 11.2. The molecule has 2 aromatic heterocycles. The van der Waals surface area contributed by atoms with E-state index in [9.17, 15) is 4.79 Å². The van der Waals surface area contributed by atoms with Gasteiger partial charge in [-0.1, -0.05) is 11.2 Å². The number of aromatic nitrogens is 2. The van der Waals surface area contributed by atoms with E-state index in [0.29, 0.717) is 57.7 Å². The van der Waals surface area contributed by atoms with Crippen LogP contribution in [-0.4, -0.2) is 34.6 Å². The number of aryl methyl sites for hydroxylation is 1. The molecule has 0 bridgehead atoms. The van der Waals surface area contributed by atoms with E-state index in [1.165, 1.54) is 0 Å². The Morgan fingerprint density at radius 1 is 1.29 bits per heavy atom. The van der Waals surface area contributed by atoms with Crippen LogP contribution in [0.15, 0.2) is 40.9 Å². The number of carbonyl (C=O) groups excluding carboxylic acids is 1. The van der Waals surface area contributed by atoms with Crippen molar-refractivity contribution in [3.8, 4) is 6.07 Å². The van der Waals surface area contributed by atoms with Gasteiger partial charge in [0.2, 0.25) is 0 Å². The SMILES string of the molecule is Cc1noc2c1c(N)nc1ccc(C(=O)N(C)[C@@H]3COCc4cc(C#N)ccc43)cc12. The van der Waals surface area contributed by atoms with Crippen molar-refractivity contribution >= 4 is 33.6 Å². The van der Waals surface area contributed by atoms with E-state index in [-0.39, 0.29) is 11.9 Å². The molecular formula is C23H19N5O3. The standard InChI is InChI=1S/C23H19N5O3/c1-12-20-21(31-27-12)17-8-14(4-6-18(17)26-22(20)25)23(29)28(2)19-11-30-10-15-7-13(9-24)3-5-16(15)19/h3-8,19H,10-11H2,1-2H3,(H2,25,26)/t19-/m1/s1. The summed E-state index contributed by atoms with van der Waals surface area (Å²) in [5.41, 5.74) is 10.9. The van der Waals surface area contributed by atoms with Crippen molar-refractivity contribution in [1.82, 2.24) is 15.0 Å². The van der Waals surface area contributed by atoms with Crippen LogP contribution < -0.4 is 5.73 Å². The van der Waals surface area contributed by atoms with Gasteiger partial charge >= 0.3 is 0 Å². The summed E-state index contributed by atoms with van der Waals surface area (Å²) in [5, 5.41) is 14.5. The van der Waals surface area contributed by atoms with Gasteiger partial charge in [-0.3, -0.25) is 4.79 Å². The summed E-state index contributed by atoms with van der Waals surface area (Å²) in [6.45, 7) is 2.62. The zero-order valence-corrected chi connectivity index (χ0v) is 17.0. The van der Waals surface area contributed by atoms with Crippen LogP contribution in [0.4, 0.5) is 5.82 Å². The number of nitrogens with zero attached hydrogens (tertiary/aromatic N) is 4. The third-order valence-corrected chi connectivity index (χ3v) is 5.80. The zero-order valence-electron chi connectivity index (χ0n) is 17.0. The summed E-state index contributed by atoms with van der Waals surface area (Å²) in [4.78, 5) is 19.4. The van der Waals surface area contributed by atoms with Gasteiger partial charge in [-0.05, 0) is 48.4 Å². The predicted molar refractivity (Wildman–Crippen MR) is 114 cm³/mol. The fourth-order valence-corrected chi connectivity index (χ4v) is 4.15. The number of likely N-dealkylation sites (N-methyl/N-ethyl adjacent to an activating group) is 1. The van der Waals surface area contributed by atoms with E-state index in [1.807, 2.05) is 12.1 Å². The lowest BCUT2D eigenvalue weighted by molar-refractivity contribution is 0.0346. The molecule has 1 aliphatic heterocycles. The predicted octanol–water partition coefficient (Wildman–Crippen LogP) is 3.48. The number of nitrogen functional groups attached to an aromatic ring is 1. The third-order valence-electron chi connectivity index (χ3n) is 5.80. The van der Waals surface area contributed by atoms with E-state index >= 15 is 0 Å². The lowest BCUT2D eigenvalue weighted by atomic mass is 9.95. The number of benzene rings is 2. The first-order valence-corrected chi connectivity index (χ1v) is 9.81. The molecule has 0 fully saturated rings. The summed E-state index contributed by atoms with van der Waals surface area (Å²) in [5.74, 6) is 0.194. The molecule has 8 nitrogen and oxygen atoms in total. The molecule has 0 unspecified atom stereocenters. The van der Waals surface area contributed by atoms with Crippen molar-refractivity contribution in [1.29, 1.82) is 5.26 Å². The van der Waals surface area contributed by atoms with E-state index in [2.05, 4.69) is 16.2 Å². The monoisotopic (exact) mass is 413 g/mol. The second kappa shape index (κ2) is 7.07. The smallest absolute Gasteiger partial charge is 0.254 e. The fraction of sp³-hybridized carbons (Fsp3) is 0.217. The largest absolute Gasteiger partial charge is 0.383 e. The third kappa shape index (κ3) is 2.98. The van der Waals surface area contributed by atoms with Gasteiger partial charge in [-0.25, -0.2) is 4.98 Å². The first kappa shape index (κ1) is 19.0. The molecule has 8 heteroatoms. The van der Waals surface area contributed by atoms with Crippen LogP contribution in [0.25, 0.3) is 21.9 Å². The van der Waals surface area contributed by atoms with Gasteiger partial charge in [0.15, 0.2) is 5.58 Å². The Balaban J connectivity index is 1.54. The Bertz CT molecular complexity index is 1400. The molecule has 3 heterocycles. The number of nitriles is 1. The number of carbonyl (C=O) groups is 1. The van der Waals surface area contributed by atoms with Crippen molar-refractivity contribution in [3.63, 3.8) is 0 Å². The fourth-order valence-electron chi connectivity index (χ4n) is 4.15. The number of ether oxygens (including phenoxy) is 1. The number of anilines is 1. The number of rotatable bonds is 2. The molecular weight excluding hydrogens is 394 g/mol. The van der Waals surface area contributed by atoms with Gasteiger partial charge < -0.3 is 19.9 Å². The quantitative estimate of drug-likeness (QED) is 0.534. The van der Waals surface area contributed by atoms with Crippen molar-refractivity contribution in [2.24, 2.45) is 0 Å². The van der Waals surface area contributed by atoms with Crippen molar-refractivity contribution in [3.05, 3.63) is 64.3 Å². The summed E-state index contributed by atoms with van der Waals surface area (Å²) in [6.07, 6.45) is 0. The van der Waals surface area contributed by atoms with Gasteiger partial charge in [-0.2, -0.15) is 5.26 Å². The normalized spacial score (nSPS) is 15.6. The number of hydrogen-bond acceptors (Lipinski definition) is 7. The van der Waals surface area contributed by atoms with Crippen LogP contribution in [0, 0.1) is 18.3 Å². The summed E-state index contributed by atoms with van der Waals surface area (Å²) in [7, 11) is 1.75. The Labute approximate surface area is 177 Å². The Hall–Kier alpha value is -3.96. The highest BCUT2D eigenvalue weighted by atomic mass is 16.5. The second-order valence-corrected chi connectivity index (χ2v) is 7.67. The Morgan fingerprint density at radius 3 is 2.94 bits per heavy atom. The molecule has 1 amide bonds. The van der Waals surface area contributed by atoms with Gasteiger partial charge in [0.05, 0.1) is 47.5 Å². The molecule has 0 saturated carbocycles. The van der Waals surface area contributed by atoms with Crippen LogP contribution in [0.5, 0.6) is 0 Å². The van der Waals surface area contributed by atoms with Gasteiger partial charge in [0, 0.05) is 18.0 Å². The Morgan fingerprint density at radius 2 is 2.13 bits per heavy atom. The zero-order chi connectivity index (χ0) is 21.7. The molecule has 5 rings (SSSR count). The molecule has 1 atom stereocenters. The first-order valence-electron chi connectivity index (χ1n) is 9.81. The summed E-state index contributed by atoms with van der Waals surface area (Å²) >= 11 is 0. The van der Waals surface area contributed by atoms with E-state index < -0.39 is 0 Å². The molecule has 154 valence electrons. The van der Waals surface area contributed by atoms with Crippen molar-refractivity contribution in [2.75, 3.05) is 19.4 Å². The van der Waals surface area contributed by atoms with E-state index in [1.54, 1.807) is 43.1 Å². The van der Waals surface area contributed by atoms with Crippen LogP contribution in [0.3, 0.4) is 0 Å². The van der Waals surface area contributed by atoms with Crippen LogP contribution in [0.2, 0.25) is 0 Å². The van der Waals surface area contributed by atoms with Gasteiger partial charge in [0.25, 0.3) is 5.91 Å². The molecule has 2 N–H and O–H groups in total. The molecule has 2 aromatic carbocycles.